The third-order valence-electron chi connectivity index (χ3n) is 5.00. The molecule has 2 heterocycles. The third kappa shape index (κ3) is 2.60. The van der Waals surface area contributed by atoms with Crippen molar-refractivity contribution in [3.05, 3.63) is 23.8 Å². The van der Waals surface area contributed by atoms with Gasteiger partial charge in [0.2, 0.25) is 0 Å². The Hall–Kier alpha value is -0.995. The van der Waals surface area contributed by atoms with Crippen LogP contribution >= 0.6 is 0 Å². The maximum Gasteiger partial charge on any atom is 0.494 e. The van der Waals surface area contributed by atoms with E-state index in [-0.39, 0.29) is 23.9 Å². The first-order chi connectivity index (χ1) is 9.60. The van der Waals surface area contributed by atoms with Crippen molar-refractivity contribution in [1.29, 1.82) is 0 Å². The van der Waals surface area contributed by atoms with E-state index < -0.39 is 0 Å². The number of rotatable bonds is 1. The van der Waals surface area contributed by atoms with Crippen molar-refractivity contribution in [2.24, 2.45) is 0 Å². The predicted molar refractivity (Wildman–Crippen MR) is 85.2 cm³/mol. The monoisotopic (exact) mass is 288 g/mol. The number of aryl methyl sites for hydroxylation is 1. The van der Waals surface area contributed by atoms with Crippen LogP contribution < -0.4 is 10.2 Å². The zero-order chi connectivity index (χ0) is 15.5. The Bertz CT molecular complexity index is 547. The van der Waals surface area contributed by atoms with Crippen LogP contribution in [0.25, 0.3) is 0 Å². The van der Waals surface area contributed by atoms with Gasteiger partial charge in [0.25, 0.3) is 0 Å². The average molecular weight is 288 g/mol. The molecule has 21 heavy (non-hydrogen) atoms. The number of benzene rings is 1. The topological polar surface area (TPSA) is 27.7 Å². The molecule has 0 saturated carbocycles. The van der Waals surface area contributed by atoms with Crippen molar-refractivity contribution in [1.82, 2.24) is 0 Å². The second kappa shape index (κ2) is 4.50. The fraction of sp³-hybridized carbons (Fsp3) is 0.647. The van der Waals surface area contributed by atoms with Gasteiger partial charge in [0.05, 0.1) is 11.2 Å². The largest absolute Gasteiger partial charge is 0.494 e. The fourth-order valence-corrected chi connectivity index (χ4v) is 2.78. The summed E-state index contributed by atoms with van der Waals surface area (Å²) in [7, 11) is -0.325. The molecule has 0 atom stereocenters. The lowest BCUT2D eigenvalue weighted by molar-refractivity contribution is 0.00578. The molecule has 0 spiro atoms. The van der Waals surface area contributed by atoms with Crippen molar-refractivity contribution in [2.45, 2.75) is 71.2 Å². The van der Waals surface area contributed by atoms with E-state index in [1.54, 1.807) is 0 Å². The molecule has 3 rings (SSSR count). The fourth-order valence-electron chi connectivity index (χ4n) is 2.78. The molecule has 2 aliphatic heterocycles. The summed E-state index contributed by atoms with van der Waals surface area (Å²) < 4.78 is 18.3. The van der Waals surface area contributed by atoms with Crippen molar-refractivity contribution in [2.75, 3.05) is 0 Å². The molecular weight excluding hydrogens is 263 g/mol. The standard InChI is InChI=1S/C17H25BO3/c1-15(2)10-9-12-7-8-13(11-14(12)19-15)18-20-16(3,4)17(5,6)21-18/h7-8,11H,9-10H2,1-6H3. The molecule has 1 saturated heterocycles. The van der Waals surface area contributed by atoms with Crippen LogP contribution in [0, 0.1) is 0 Å². The number of hydrogen-bond donors (Lipinski definition) is 0. The molecule has 0 amide bonds. The van der Waals surface area contributed by atoms with Crippen molar-refractivity contribution in [3.8, 4) is 5.75 Å². The Labute approximate surface area is 128 Å². The molecule has 0 N–H and O–H groups in total. The molecule has 0 radical (unpaired) electrons. The van der Waals surface area contributed by atoms with Gasteiger partial charge >= 0.3 is 7.12 Å². The van der Waals surface area contributed by atoms with E-state index in [0.29, 0.717) is 0 Å². The van der Waals surface area contributed by atoms with Crippen molar-refractivity contribution in [3.63, 3.8) is 0 Å². The summed E-state index contributed by atoms with van der Waals surface area (Å²) in [5, 5.41) is 0. The molecule has 1 aromatic carbocycles. The minimum atomic E-state index is -0.325. The Balaban J connectivity index is 1.89. The van der Waals surface area contributed by atoms with Gasteiger partial charge in [-0.25, -0.2) is 0 Å². The smallest absolute Gasteiger partial charge is 0.488 e. The van der Waals surface area contributed by atoms with Gasteiger partial charge in [0, 0.05) is 0 Å². The minimum absolute atomic E-state index is 0.0957. The van der Waals surface area contributed by atoms with Crippen LogP contribution in [0.1, 0.15) is 53.5 Å². The Morgan fingerprint density at radius 1 is 0.952 bits per heavy atom. The van der Waals surface area contributed by atoms with Crippen molar-refractivity contribution >= 4 is 12.6 Å². The molecule has 1 aromatic rings. The summed E-state index contributed by atoms with van der Waals surface area (Å²) in [5.74, 6) is 0.971. The zero-order valence-electron chi connectivity index (χ0n) is 13.9. The summed E-state index contributed by atoms with van der Waals surface area (Å²) in [6, 6.07) is 6.33. The van der Waals surface area contributed by atoms with E-state index in [1.165, 1.54) is 5.56 Å². The average Bonchev–Trinajstić information content (AvgIpc) is 2.56. The van der Waals surface area contributed by atoms with Gasteiger partial charge in [-0.15, -0.1) is 0 Å². The third-order valence-corrected chi connectivity index (χ3v) is 5.00. The molecule has 0 aliphatic carbocycles. The SMILES string of the molecule is CC1(C)CCc2ccc(B3OC(C)(C)C(C)(C)O3)cc2O1. The molecule has 1 fully saturated rings. The van der Waals surface area contributed by atoms with Crippen LogP contribution in [0.5, 0.6) is 5.75 Å². The highest BCUT2D eigenvalue weighted by molar-refractivity contribution is 6.62. The molecule has 0 aromatic heterocycles. The first-order valence-corrected chi connectivity index (χ1v) is 7.77. The zero-order valence-corrected chi connectivity index (χ0v) is 13.9. The number of fused-ring (bicyclic) bond motifs is 1. The normalized spacial score (nSPS) is 25.3. The summed E-state index contributed by atoms with van der Waals surface area (Å²) in [5.41, 5.74) is 1.59. The second-order valence-corrected chi connectivity index (χ2v) is 7.82. The summed E-state index contributed by atoms with van der Waals surface area (Å²) in [4.78, 5) is 0. The first kappa shape index (κ1) is 14.9. The van der Waals surface area contributed by atoms with Crippen LogP contribution in [0.15, 0.2) is 18.2 Å². The molecule has 0 bridgehead atoms. The maximum atomic E-state index is 6.12. The van der Waals surface area contributed by atoms with Gasteiger partial charge in [0.1, 0.15) is 11.4 Å². The molecule has 4 heteroatoms. The Morgan fingerprint density at radius 2 is 1.57 bits per heavy atom. The molecule has 114 valence electrons. The minimum Gasteiger partial charge on any atom is -0.488 e. The quantitative estimate of drug-likeness (QED) is 0.743. The second-order valence-electron chi connectivity index (χ2n) is 7.82. The highest BCUT2D eigenvalue weighted by Gasteiger charge is 2.51. The van der Waals surface area contributed by atoms with E-state index >= 15 is 0 Å². The lowest BCUT2D eigenvalue weighted by Crippen LogP contribution is -2.41. The predicted octanol–water partition coefficient (Wildman–Crippen LogP) is 3.09. The van der Waals surface area contributed by atoms with Crippen LogP contribution in [0.2, 0.25) is 0 Å². The van der Waals surface area contributed by atoms with Crippen LogP contribution in [-0.2, 0) is 15.7 Å². The lowest BCUT2D eigenvalue weighted by Gasteiger charge is -2.32. The Morgan fingerprint density at radius 3 is 2.19 bits per heavy atom. The van der Waals surface area contributed by atoms with Gasteiger partial charge in [-0.1, -0.05) is 12.1 Å². The summed E-state index contributed by atoms with van der Waals surface area (Å²) in [6.07, 6.45) is 2.11. The molecule has 2 aliphatic rings. The Kier molecular flexibility index (Phi) is 3.20. The highest BCUT2D eigenvalue weighted by atomic mass is 16.7. The highest BCUT2D eigenvalue weighted by Crippen LogP contribution is 2.37. The van der Waals surface area contributed by atoms with Crippen LogP contribution in [0.3, 0.4) is 0 Å². The first-order valence-electron chi connectivity index (χ1n) is 7.77. The lowest BCUT2D eigenvalue weighted by atomic mass is 9.78. The van der Waals surface area contributed by atoms with E-state index in [9.17, 15) is 0 Å². The molecule has 0 unspecified atom stereocenters. The summed E-state index contributed by atoms with van der Waals surface area (Å²) >= 11 is 0. The molecular formula is C17H25BO3. The van der Waals surface area contributed by atoms with E-state index in [4.69, 9.17) is 14.0 Å². The van der Waals surface area contributed by atoms with E-state index in [0.717, 1.165) is 24.1 Å². The van der Waals surface area contributed by atoms with Gasteiger partial charge in [-0.3, -0.25) is 0 Å². The van der Waals surface area contributed by atoms with Crippen LogP contribution in [-0.4, -0.2) is 23.9 Å². The number of hydrogen-bond acceptors (Lipinski definition) is 3. The van der Waals surface area contributed by atoms with Gasteiger partial charge in [-0.2, -0.15) is 0 Å². The van der Waals surface area contributed by atoms with Gasteiger partial charge in [0.15, 0.2) is 0 Å². The van der Waals surface area contributed by atoms with E-state index in [1.807, 2.05) is 0 Å². The van der Waals surface area contributed by atoms with E-state index in [2.05, 4.69) is 59.7 Å². The van der Waals surface area contributed by atoms with Gasteiger partial charge in [-0.05, 0) is 71.5 Å². The maximum absolute atomic E-state index is 6.12. The van der Waals surface area contributed by atoms with Crippen molar-refractivity contribution < 1.29 is 14.0 Å². The number of ether oxygens (including phenoxy) is 1. The summed E-state index contributed by atoms with van der Waals surface area (Å²) in [6.45, 7) is 12.6. The van der Waals surface area contributed by atoms with Crippen LogP contribution in [0.4, 0.5) is 0 Å². The van der Waals surface area contributed by atoms with Gasteiger partial charge < -0.3 is 14.0 Å². The molecule has 3 nitrogen and oxygen atoms in total.